The molecule has 0 aromatic heterocycles. The molecule has 142 valence electrons. The highest BCUT2D eigenvalue weighted by atomic mass is 16.2. The summed E-state index contributed by atoms with van der Waals surface area (Å²) in [5.41, 5.74) is 4.02. The van der Waals surface area contributed by atoms with Gasteiger partial charge in [-0.15, -0.1) is 0 Å². The first kappa shape index (κ1) is 18.3. The zero-order valence-corrected chi connectivity index (χ0v) is 16.4. The van der Waals surface area contributed by atoms with Crippen LogP contribution in [0.4, 0.5) is 11.4 Å². The third-order valence-corrected chi connectivity index (χ3v) is 5.75. The Morgan fingerprint density at radius 2 is 1.50 bits per heavy atom. The van der Waals surface area contributed by atoms with Crippen molar-refractivity contribution in [3.05, 3.63) is 96.1 Å². The van der Waals surface area contributed by atoms with E-state index in [0.717, 1.165) is 23.4 Å². The van der Waals surface area contributed by atoms with E-state index in [1.165, 1.54) is 5.56 Å². The first-order chi connectivity index (χ1) is 13.7. The van der Waals surface area contributed by atoms with E-state index in [4.69, 9.17) is 0 Å². The van der Waals surface area contributed by atoms with Crippen molar-refractivity contribution in [3.8, 4) is 0 Å². The molecule has 4 rings (SSSR count). The van der Waals surface area contributed by atoms with Gasteiger partial charge in [-0.05, 0) is 42.3 Å². The summed E-state index contributed by atoms with van der Waals surface area (Å²) < 4.78 is 0. The first-order valence-electron chi connectivity index (χ1n) is 9.99. The van der Waals surface area contributed by atoms with E-state index in [1.54, 1.807) is 0 Å². The lowest BCUT2D eigenvalue weighted by molar-refractivity contribution is 0.0960. The Balaban J connectivity index is 1.77. The van der Waals surface area contributed by atoms with Gasteiger partial charge in [0.2, 0.25) is 0 Å². The molecule has 3 nitrogen and oxygen atoms in total. The van der Waals surface area contributed by atoms with Crippen LogP contribution < -0.4 is 10.2 Å². The number of hydrogen-bond acceptors (Lipinski definition) is 2. The molecule has 0 saturated heterocycles. The van der Waals surface area contributed by atoms with Crippen LogP contribution in [0.5, 0.6) is 0 Å². The number of rotatable bonds is 4. The van der Waals surface area contributed by atoms with E-state index in [1.807, 2.05) is 59.5 Å². The maximum absolute atomic E-state index is 13.4. The smallest absolute Gasteiger partial charge is 0.258 e. The van der Waals surface area contributed by atoms with Gasteiger partial charge in [-0.1, -0.05) is 68.4 Å². The number of benzene rings is 3. The Kier molecular flexibility index (Phi) is 5.16. The summed E-state index contributed by atoms with van der Waals surface area (Å²) in [5.74, 6) is 0.345. The lowest BCUT2D eigenvalue weighted by Crippen LogP contribution is -2.50. The molecule has 3 aromatic carbocycles. The second-order valence-corrected chi connectivity index (χ2v) is 7.42. The Labute approximate surface area is 167 Å². The third-order valence-electron chi connectivity index (χ3n) is 5.75. The van der Waals surface area contributed by atoms with Crippen molar-refractivity contribution >= 4 is 17.3 Å². The minimum absolute atomic E-state index is 0.0740. The molecule has 0 radical (unpaired) electrons. The predicted octanol–water partition coefficient (Wildman–Crippen LogP) is 5.91. The molecular weight excluding hydrogens is 344 g/mol. The molecule has 0 saturated carbocycles. The molecule has 1 heterocycles. The first-order valence-corrected chi connectivity index (χ1v) is 9.99. The molecule has 0 unspecified atom stereocenters. The van der Waals surface area contributed by atoms with Crippen LogP contribution in [-0.2, 0) is 0 Å². The minimum atomic E-state index is 0.0740. The number of carbonyl (C=O) groups excluding carboxylic acids is 1. The standard InChI is InChI=1S/C25H26N2O/c1-3-22-18(2)24(26-20-14-8-5-9-15-20)21-16-10-11-17-23(21)27(22)25(28)19-12-6-4-7-13-19/h4-18,22,24,26H,3H2,1-2H3/t18-,22-,24+/m1/s1. The van der Waals surface area contributed by atoms with Crippen LogP contribution in [0.25, 0.3) is 0 Å². The normalized spacial score (nSPS) is 21.1. The highest BCUT2D eigenvalue weighted by Crippen LogP contribution is 2.43. The number of carbonyl (C=O) groups is 1. The van der Waals surface area contributed by atoms with Gasteiger partial charge in [0.05, 0.1) is 6.04 Å². The van der Waals surface area contributed by atoms with E-state index in [9.17, 15) is 4.79 Å². The number of para-hydroxylation sites is 2. The molecule has 3 heteroatoms. The number of nitrogens with one attached hydrogen (secondary N) is 1. The van der Waals surface area contributed by atoms with E-state index >= 15 is 0 Å². The lowest BCUT2D eigenvalue weighted by Gasteiger charge is -2.45. The van der Waals surface area contributed by atoms with Crippen molar-refractivity contribution in [1.29, 1.82) is 0 Å². The van der Waals surface area contributed by atoms with Gasteiger partial charge in [0.15, 0.2) is 0 Å². The summed E-state index contributed by atoms with van der Waals surface area (Å²) in [6.07, 6.45) is 0.904. The van der Waals surface area contributed by atoms with Crippen LogP contribution in [0.15, 0.2) is 84.9 Å². The van der Waals surface area contributed by atoms with Crippen LogP contribution in [0.1, 0.15) is 42.2 Å². The van der Waals surface area contributed by atoms with Gasteiger partial charge in [0, 0.05) is 28.9 Å². The summed E-state index contributed by atoms with van der Waals surface area (Å²) >= 11 is 0. The van der Waals surface area contributed by atoms with E-state index in [-0.39, 0.29) is 23.9 Å². The second-order valence-electron chi connectivity index (χ2n) is 7.42. The molecule has 1 amide bonds. The molecule has 0 spiro atoms. The molecule has 1 N–H and O–H groups in total. The molecule has 3 aromatic rings. The zero-order valence-electron chi connectivity index (χ0n) is 16.4. The SMILES string of the molecule is CC[C@@H]1[C@@H](C)[C@H](Nc2ccccc2)c2ccccc2N1C(=O)c1ccccc1. The number of hydrogen-bond donors (Lipinski definition) is 1. The molecule has 1 aliphatic rings. The van der Waals surface area contributed by atoms with Crippen molar-refractivity contribution in [2.75, 3.05) is 10.2 Å². The van der Waals surface area contributed by atoms with Crippen LogP contribution in [0.3, 0.4) is 0 Å². The molecule has 0 bridgehead atoms. The van der Waals surface area contributed by atoms with Crippen LogP contribution >= 0.6 is 0 Å². The largest absolute Gasteiger partial charge is 0.378 e. The number of amides is 1. The molecular formula is C25H26N2O. The van der Waals surface area contributed by atoms with Crippen molar-refractivity contribution < 1.29 is 4.79 Å². The maximum atomic E-state index is 13.4. The van der Waals surface area contributed by atoms with Gasteiger partial charge in [-0.25, -0.2) is 0 Å². The van der Waals surface area contributed by atoms with Crippen LogP contribution in [0, 0.1) is 5.92 Å². The second kappa shape index (κ2) is 7.89. The summed E-state index contributed by atoms with van der Waals surface area (Å²) in [4.78, 5) is 15.5. The number of nitrogens with zero attached hydrogens (tertiary/aromatic N) is 1. The highest BCUT2D eigenvalue weighted by molar-refractivity contribution is 6.07. The fourth-order valence-corrected chi connectivity index (χ4v) is 4.35. The third kappa shape index (κ3) is 3.29. The van der Waals surface area contributed by atoms with Gasteiger partial charge in [0.1, 0.15) is 0 Å². The van der Waals surface area contributed by atoms with E-state index in [2.05, 4.69) is 49.5 Å². The zero-order chi connectivity index (χ0) is 19.5. The van der Waals surface area contributed by atoms with Crippen LogP contribution in [0.2, 0.25) is 0 Å². The predicted molar refractivity (Wildman–Crippen MR) is 116 cm³/mol. The molecule has 0 fully saturated rings. The Morgan fingerprint density at radius 1 is 0.893 bits per heavy atom. The number of anilines is 2. The van der Waals surface area contributed by atoms with Gasteiger partial charge in [-0.3, -0.25) is 4.79 Å². The summed E-state index contributed by atoms with van der Waals surface area (Å²) in [6.45, 7) is 4.41. The Morgan fingerprint density at radius 3 is 2.18 bits per heavy atom. The summed E-state index contributed by atoms with van der Waals surface area (Å²) in [6, 6.07) is 28.5. The quantitative estimate of drug-likeness (QED) is 0.619. The average molecular weight is 370 g/mol. The van der Waals surface area contributed by atoms with Crippen molar-refractivity contribution in [2.24, 2.45) is 5.92 Å². The topological polar surface area (TPSA) is 32.3 Å². The van der Waals surface area contributed by atoms with Crippen molar-refractivity contribution in [3.63, 3.8) is 0 Å². The summed E-state index contributed by atoms with van der Waals surface area (Å²) in [7, 11) is 0. The van der Waals surface area contributed by atoms with E-state index in [0.29, 0.717) is 0 Å². The maximum Gasteiger partial charge on any atom is 0.258 e. The van der Waals surface area contributed by atoms with Gasteiger partial charge in [0.25, 0.3) is 5.91 Å². The minimum Gasteiger partial charge on any atom is -0.378 e. The average Bonchev–Trinajstić information content (AvgIpc) is 2.76. The fourth-order valence-electron chi connectivity index (χ4n) is 4.35. The van der Waals surface area contributed by atoms with Crippen LogP contribution in [-0.4, -0.2) is 11.9 Å². The summed E-state index contributed by atoms with van der Waals surface area (Å²) in [5, 5.41) is 3.71. The van der Waals surface area contributed by atoms with E-state index < -0.39 is 0 Å². The molecule has 0 aliphatic carbocycles. The number of fused-ring (bicyclic) bond motifs is 1. The molecule has 28 heavy (non-hydrogen) atoms. The van der Waals surface area contributed by atoms with Crippen molar-refractivity contribution in [2.45, 2.75) is 32.4 Å². The van der Waals surface area contributed by atoms with Gasteiger partial charge < -0.3 is 10.2 Å². The monoisotopic (exact) mass is 370 g/mol. The fraction of sp³-hybridized carbons (Fsp3) is 0.240. The van der Waals surface area contributed by atoms with Gasteiger partial charge >= 0.3 is 0 Å². The molecule has 1 aliphatic heterocycles. The Hall–Kier alpha value is -3.07. The Bertz CT molecular complexity index is 939. The molecule has 3 atom stereocenters. The lowest BCUT2D eigenvalue weighted by atomic mass is 9.80. The van der Waals surface area contributed by atoms with Crippen molar-refractivity contribution in [1.82, 2.24) is 0 Å². The highest BCUT2D eigenvalue weighted by Gasteiger charge is 2.40. The van der Waals surface area contributed by atoms with Gasteiger partial charge in [-0.2, -0.15) is 0 Å².